The first kappa shape index (κ1) is 92.1. The van der Waals surface area contributed by atoms with Gasteiger partial charge in [0.05, 0.1) is 26.4 Å². The number of ether oxygens (including phenoxy) is 4. The van der Waals surface area contributed by atoms with Crippen molar-refractivity contribution in [3.63, 3.8) is 0 Å². The molecular weight excluding hydrogens is 1230 g/mol. The van der Waals surface area contributed by atoms with Crippen LogP contribution < -0.4 is 0 Å². The van der Waals surface area contributed by atoms with E-state index in [0.717, 1.165) is 115 Å². The summed E-state index contributed by atoms with van der Waals surface area (Å²) in [7, 11) is -9.90. The van der Waals surface area contributed by atoms with Gasteiger partial charge >= 0.3 is 39.5 Å². The summed E-state index contributed by atoms with van der Waals surface area (Å²) in [5.74, 6) is -0.629. The van der Waals surface area contributed by atoms with Crippen molar-refractivity contribution in [2.24, 2.45) is 11.8 Å². The quantitative estimate of drug-likeness (QED) is 0.0222. The summed E-state index contributed by atoms with van der Waals surface area (Å²) < 4.78 is 68.3. The third kappa shape index (κ3) is 68.6. The summed E-state index contributed by atoms with van der Waals surface area (Å²) in [6, 6.07) is 0. The summed E-state index contributed by atoms with van der Waals surface area (Å²) in [6.07, 6.45) is 54.5. The minimum atomic E-state index is -4.95. The minimum absolute atomic E-state index is 0.105. The lowest BCUT2D eigenvalue weighted by Crippen LogP contribution is -2.30. The van der Waals surface area contributed by atoms with Gasteiger partial charge in [-0.3, -0.25) is 37.3 Å². The Labute approximate surface area is 575 Å². The van der Waals surface area contributed by atoms with Crippen LogP contribution in [0.25, 0.3) is 0 Å². The second kappa shape index (κ2) is 66.9. The van der Waals surface area contributed by atoms with E-state index in [4.69, 9.17) is 37.0 Å². The van der Waals surface area contributed by atoms with Gasteiger partial charge in [0.15, 0.2) is 12.2 Å². The van der Waals surface area contributed by atoms with E-state index >= 15 is 0 Å². The fraction of sp³-hybridized carbons (Fsp3) is 0.947. The first-order valence-electron chi connectivity index (χ1n) is 39.0. The molecule has 0 aliphatic heterocycles. The fourth-order valence-corrected chi connectivity index (χ4v) is 13.1. The molecular formula is C75H146O17P2. The Bertz CT molecular complexity index is 1820. The Balaban J connectivity index is 5.14. The van der Waals surface area contributed by atoms with Crippen LogP contribution in [-0.2, 0) is 65.4 Å². The molecule has 0 amide bonds. The molecule has 0 aromatic heterocycles. The Hall–Kier alpha value is -1.94. The van der Waals surface area contributed by atoms with Gasteiger partial charge in [-0.25, -0.2) is 9.13 Å². The highest BCUT2D eigenvalue weighted by Gasteiger charge is 2.30. The van der Waals surface area contributed by atoms with E-state index in [2.05, 4.69) is 41.5 Å². The van der Waals surface area contributed by atoms with Crippen LogP contribution in [0.15, 0.2) is 0 Å². The van der Waals surface area contributed by atoms with Gasteiger partial charge in [-0.15, -0.1) is 0 Å². The molecule has 0 saturated carbocycles. The van der Waals surface area contributed by atoms with E-state index < -0.39 is 97.5 Å². The van der Waals surface area contributed by atoms with Crippen LogP contribution in [0.4, 0.5) is 0 Å². The zero-order chi connectivity index (χ0) is 69.3. The van der Waals surface area contributed by atoms with Gasteiger partial charge in [-0.1, -0.05) is 337 Å². The first-order chi connectivity index (χ1) is 45.4. The highest BCUT2D eigenvalue weighted by atomic mass is 31.2. The number of phosphoric acid groups is 2. The average molecular weight is 1380 g/mol. The molecule has 5 atom stereocenters. The van der Waals surface area contributed by atoms with Crippen molar-refractivity contribution in [2.75, 3.05) is 39.6 Å². The zero-order valence-electron chi connectivity index (χ0n) is 61.3. The first-order valence-corrected chi connectivity index (χ1v) is 42.0. The number of hydrogen-bond acceptors (Lipinski definition) is 15. The number of carbonyl (C=O) groups is 4. The smallest absolute Gasteiger partial charge is 0.462 e. The molecule has 0 heterocycles. The van der Waals surface area contributed by atoms with Crippen LogP contribution in [0.3, 0.4) is 0 Å². The van der Waals surface area contributed by atoms with E-state index in [-0.39, 0.29) is 25.7 Å². The molecule has 0 aliphatic carbocycles. The van der Waals surface area contributed by atoms with Crippen LogP contribution in [0.1, 0.15) is 388 Å². The number of carbonyl (C=O) groups excluding carboxylic acids is 4. The van der Waals surface area contributed by atoms with Crippen molar-refractivity contribution in [1.82, 2.24) is 0 Å². The summed E-state index contributed by atoms with van der Waals surface area (Å²) >= 11 is 0. The molecule has 19 heteroatoms. The largest absolute Gasteiger partial charge is 0.472 e. The maximum absolute atomic E-state index is 13.1. The Morgan fingerprint density at radius 2 is 0.489 bits per heavy atom. The maximum Gasteiger partial charge on any atom is 0.472 e. The molecule has 0 spiro atoms. The summed E-state index contributed by atoms with van der Waals surface area (Å²) in [5.41, 5.74) is 0. The Morgan fingerprint density at radius 3 is 0.723 bits per heavy atom. The number of rotatable bonds is 74. The van der Waals surface area contributed by atoms with Gasteiger partial charge in [0.25, 0.3) is 0 Å². The second-order valence-corrected chi connectivity index (χ2v) is 30.9. The van der Waals surface area contributed by atoms with E-state index in [1.165, 1.54) is 193 Å². The number of esters is 4. The topological polar surface area (TPSA) is 237 Å². The Kier molecular flexibility index (Phi) is 65.5. The van der Waals surface area contributed by atoms with E-state index in [1.807, 2.05) is 0 Å². The summed E-state index contributed by atoms with van der Waals surface area (Å²) in [4.78, 5) is 72.6. The molecule has 0 radical (unpaired) electrons. The molecule has 3 N–H and O–H groups in total. The summed E-state index contributed by atoms with van der Waals surface area (Å²) in [6.45, 7) is 9.51. The average Bonchev–Trinajstić information content (AvgIpc) is 1.24. The highest BCUT2D eigenvalue weighted by molar-refractivity contribution is 7.47. The van der Waals surface area contributed by atoms with Crippen LogP contribution in [0.2, 0.25) is 0 Å². The van der Waals surface area contributed by atoms with E-state index in [9.17, 15) is 43.2 Å². The molecule has 2 unspecified atom stereocenters. The molecule has 0 aromatic rings. The predicted octanol–water partition coefficient (Wildman–Crippen LogP) is 21.9. The molecule has 0 fully saturated rings. The van der Waals surface area contributed by atoms with Gasteiger partial charge in [0, 0.05) is 25.7 Å². The molecule has 94 heavy (non-hydrogen) atoms. The Morgan fingerprint density at radius 1 is 0.287 bits per heavy atom. The minimum Gasteiger partial charge on any atom is -0.462 e. The summed E-state index contributed by atoms with van der Waals surface area (Å²) in [5, 5.41) is 10.6. The normalized spacial score (nSPS) is 14.0. The van der Waals surface area contributed by atoms with Crippen molar-refractivity contribution in [3.8, 4) is 0 Å². The molecule has 0 bridgehead atoms. The molecule has 0 aliphatic rings. The molecule has 0 rings (SSSR count). The molecule has 0 saturated heterocycles. The zero-order valence-corrected chi connectivity index (χ0v) is 63.1. The lowest BCUT2D eigenvalue weighted by Gasteiger charge is -2.21. The van der Waals surface area contributed by atoms with Crippen molar-refractivity contribution >= 4 is 39.5 Å². The molecule has 558 valence electrons. The third-order valence-corrected chi connectivity index (χ3v) is 19.4. The van der Waals surface area contributed by atoms with Crippen molar-refractivity contribution < 1.29 is 80.2 Å². The third-order valence-electron chi connectivity index (χ3n) is 17.5. The molecule has 0 aromatic carbocycles. The van der Waals surface area contributed by atoms with E-state index in [1.54, 1.807) is 0 Å². The number of aliphatic hydroxyl groups excluding tert-OH is 1. The SMILES string of the molecule is CCCCCCCCCCCCCCCCCCCCCCCCC(=O)O[C@H](COC(=O)CCCCCCCCCCCCC(C)C)COP(=O)(O)OC[C@@H](O)COP(=O)(O)OC[C@@H](COC(=O)CCCCCCCCC)OC(=O)CCCCCCCCCCCC(C)C. The highest BCUT2D eigenvalue weighted by Crippen LogP contribution is 2.45. The monoisotopic (exact) mass is 1380 g/mol. The van der Waals surface area contributed by atoms with Crippen molar-refractivity contribution in [1.29, 1.82) is 0 Å². The number of aliphatic hydroxyl groups is 1. The lowest BCUT2D eigenvalue weighted by atomic mass is 10.0. The van der Waals surface area contributed by atoms with Gasteiger partial charge in [0.2, 0.25) is 0 Å². The number of phosphoric ester groups is 2. The second-order valence-electron chi connectivity index (χ2n) is 28.0. The molecule has 17 nitrogen and oxygen atoms in total. The van der Waals surface area contributed by atoms with Crippen LogP contribution in [0.5, 0.6) is 0 Å². The van der Waals surface area contributed by atoms with Gasteiger partial charge in [-0.05, 0) is 37.5 Å². The van der Waals surface area contributed by atoms with Crippen LogP contribution >= 0.6 is 15.6 Å². The van der Waals surface area contributed by atoms with Crippen molar-refractivity contribution in [3.05, 3.63) is 0 Å². The van der Waals surface area contributed by atoms with Crippen LogP contribution in [0, 0.1) is 11.8 Å². The van der Waals surface area contributed by atoms with Gasteiger partial charge < -0.3 is 33.8 Å². The van der Waals surface area contributed by atoms with E-state index in [0.29, 0.717) is 25.7 Å². The fourth-order valence-electron chi connectivity index (χ4n) is 11.5. The standard InChI is InChI=1S/C75H146O17P2/c1-7-9-11-13-15-16-17-18-19-20-21-22-23-24-25-26-27-28-35-41-47-53-59-74(79)92-71(64-86-73(78)58-52-46-40-34-30-29-32-38-43-49-55-67(3)4)66-90-94(83,84)88-62-69(76)61-87-93(81,82)89-65-70(63-85-72(77)57-51-45-37-14-12-10-8-2)91-75(80)60-54-48-42-36-31-33-39-44-50-56-68(5)6/h67-71,76H,7-66H2,1-6H3,(H,81,82)(H,83,84)/t69-,70+,71+/m0/s1. The maximum atomic E-state index is 13.1. The van der Waals surface area contributed by atoms with Crippen molar-refractivity contribution in [2.45, 2.75) is 407 Å². The van der Waals surface area contributed by atoms with Gasteiger partial charge in [0.1, 0.15) is 19.3 Å². The number of unbranched alkanes of at least 4 members (excludes halogenated alkanes) is 44. The van der Waals surface area contributed by atoms with Crippen LogP contribution in [-0.4, -0.2) is 96.7 Å². The predicted molar refractivity (Wildman–Crippen MR) is 381 cm³/mol. The lowest BCUT2D eigenvalue weighted by molar-refractivity contribution is -0.161. The van der Waals surface area contributed by atoms with Gasteiger partial charge in [-0.2, -0.15) is 0 Å². The number of hydrogen-bond donors (Lipinski definition) is 3.